The van der Waals surface area contributed by atoms with Crippen molar-refractivity contribution >= 4 is 28.5 Å². The SMILES string of the molecule is CC(C)(C)c1ccc(-c2[nH]c3c(Cl)ccc(C(=O)O)c3c2CCCCN)cc1. The lowest BCUT2D eigenvalue weighted by atomic mass is 9.86. The lowest BCUT2D eigenvalue weighted by molar-refractivity contribution is 0.0699. The Bertz CT molecular complexity index is 998. The molecule has 2 aromatic carbocycles. The van der Waals surface area contributed by atoms with Gasteiger partial charge in [0.2, 0.25) is 0 Å². The van der Waals surface area contributed by atoms with Crippen LogP contribution in [0.25, 0.3) is 22.2 Å². The predicted octanol–water partition coefficient (Wildman–Crippen LogP) is 5.77. The van der Waals surface area contributed by atoms with Gasteiger partial charge in [0.1, 0.15) is 0 Å². The van der Waals surface area contributed by atoms with Crippen LogP contribution < -0.4 is 5.73 Å². The fourth-order valence-corrected chi connectivity index (χ4v) is 3.80. The molecule has 0 saturated carbocycles. The van der Waals surface area contributed by atoms with E-state index in [0.717, 1.165) is 36.1 Å². The van der Waals surface area contributed by atoms with E-state index in [1.54, 1.807) is 12.1 Å². The first-order chi connectivity index (χ1) is 13.2. The lowest BCUT2D eigenvalue weighted by Crippen LogP contribution is -2.10. The van der Waals surface area contributed by atoms with Gasteiger partial charge in [-0.05, 0) is 60.0 Å². The number of rotatable bonds is 6. The minimum Gasteiger partial charge on any atom is -0.478 e. The highest BCUT2D eigenvalue weighted by Gasteiger charge is 2.21. The minimum absolute atomic E-state index is 0.0721. The van der Waals surface area contributed by atoms with Gasteiger partial charge in [-0.3, -0.25) is 0 Å². The highest BCUT2D eigenvalue weighted by molar-refractivity contribution is 6.36. The molecule has 3 aromatic rings. The molecule has 5 heteroatoms. The van der Waals surface area contributed by atoms with Gasteiger partial charge in [-0.25, -0.2) is 4.79 Å². The third-order valence-corrected chi connectivity index (χ3v) is 5.47. The summed E-state index contributed by atoms with van der Waals surface area (Å²) in [6, 6.07) is 11.7. The summed E-state index contributed by atoms with van der Waals surface area (Å²) in [5.41, 5.74) is 10.9. The van der Waals surface area contributed by atoms with Crippen molar-refractivity contribution in [3.63, 3.8) is 0 Å². The van der Waals surface area contributed by atoms with Crippen LogP contribution in [0.1, 0.15) is 55.1 Å². The maximum atomic E-state index is 11.8. The number of halogens is 1. The molecule has 28 heavy (non-hydrogen) atoms. The molecule has 0 unspecified atom stereocenters. The molecule has 1 aromatic heterocycles. The Balaban J connectivity index is 2.21. The number of aryl methyl sites for hydroxylation is 1. The monoisotopic (exact) mass is 398 g/mol. The number of hydrogen-bond acceptors (Lipinski definition) is 2. The number of nitrogens with two attached hydrogens (primary N) is 1. The Morgan fingerprint density at radius 1 is 1.11 bits per heavy atom. The molecule has 0 amide bonds. The zero-order chi connectivity index (χ0) is 20.5. The zero-order valence-corrected chi connectivity index (χ0v) is 17.4. The van der Waals surface area contributed by atoms with Crippen LogP contribution in [0.3, 0.4) is 0 Å². The molecule has 4 nitrogen and oxygen atoms in total. The predicted molar refractivity (Wildman–Crippen MR) is 116 cm³/mol. The van der Waals surface area contributed by atoms with Gasteiger partial charge >= 0.3 is 5.97 Å². The molecule has 0 spiro atoms. The Morgan fingerprint density at radius 3 is 2.36 bits per heavy atom. The highest BCUT2D eigenvalue weighted by atomic mass is 35.5. The molecule has 0 aliphatic heterocycles. The van der Waals surface area contributed by atoms with Crippen LogP contribution in [0.4, 0.5) is 0 Å². The van der Waals surface area contributed by atoms with Gasteiger partial charge in [0.15, 0.2) is 0 Å². The van der Waals surface area contributed by atoms with E-state index in [-0.39, 0.29) is 11.0 Å². The molecule has 0 atom stereocenters. The van der Waals surface area contributed by atoms with Crippen LogP contribution in [-0.2, 0) is 11.8 Å². The molecular formula is C23H27ClN2O2. The van der Waals surface area contributed by atoms with Crippen LogP contribution in [0.5, 0.6) is 0 Å². The highest BCUT2D eigenvalue weighted by Crippen LogP contribution is 2.37. The molecule has 0 bridgehead atoms. The maximum absolute atomic E-state index is 11.8. The number of aromatic amines is 1. The number of aromatic nitrogens is 1. The van der Waals surface area contributed by atoms with Gasteiger partial charge in [-0.15, -0.1) is 0 Å². The second-order valence-electron chi connectivity index (χ2n) is 8.20. The van der Waals surface area contributed by atoms with Gasteiger partial charge in [-0.2, -0.15) is 0 Å². The van der Waals surface area contributed by atoms with Crippen LogP contribution >= 0.6 is 11.6 Å². The summed E-state index contributed by atoms with van der Waals surface area (Å²) >= 11 is 6.41. The van der Waals surface area contributed by atoms with Crippen LogP contribution in [0, 0.1) is 0 Å². The molecule has 0 saturated heterocycles. The third-order valence-electron chi connectivity index (χ3n) is 5.16. The molecule has 0 fully saturated rings. The van der Waals surface area contributed by atoms with Gasteiger partial charge in [0.25, 0.3) is 0 Å². The van der Waals surface area contributed by atoms with Crippen molar-refractivity contribution in [1.82, 2.24) is 4.98 Å². The number of carboxylic acid groups (broad SMARTS) is 1. The average Bonchev–Trinajstić information content (AvgIpc) is 3.02. The molecule has 1 heterocycles. The van der Waals surface area contributed by atoms with Gasteiger partial charge in [0, 0.05) is 11.1 Å². The fourth-order valence-electron chi connectivity index (χ4n) is 3.60. The normalized spacial score (nSPS) is 11.9. The van der Waals surface area contributed by atoms with E-state index in [1.807, 2.05) is 0 Å². The fraction of sp³-hybridized carbons (Fsp3) is 0.348. The molecular weight excluding hydrogens is 372 g/mol. The van der Waals surface area contributed by atoms with E-state index in [0.29, 0.717) is 22.5 Å². The van der Waals surface area contributed by atoms with E-state index >= 15 is 0 Å². The van der Waals surface area contributed by atoms with Gasteiger partial charge in [-0.1, -0.05) is 56.6 Å². The Labute approximate surface area is 170 Å². The van der Waals surface area contributed by atoms with Crippen molar-refractivity contribution in [2.75, 3.05) is 6.54 Å². The van der Waals surface area contributed by atoms with Crippen LogP contribution in [0.2, 0.25) is 5.02 Å². The first kappa shape index (κ1) is 20.4. The first-order valence-corrected chi connectivity index (χ1v) is 9.99. The van der Waals surface area contributed by atoms with Crippen molar-refractivity contribution in [1.29, 1.82) is 0 Å². The van der Waals surface area contributed by atoms with Gasteiger partial charge in [0.05, 0.1) is 16.1 Å². The second-order valence-corrected chi connectivity index (χ2v) is 8.61. The van der Waals surface area contributed by atoms with E-state index in [2.05, 4.69) is 50.0 Å². The number of benzene rings is 2. The van der Waals surface area contributed by atoms with Gasteiger partial charge < -0.3 is 15.8 Å². The summed E-state index contributed by atoms with van der Waals surface area (Å²) in [4.78, 5) is 15.2. The number of nitrogens with one attached hydrogen (secondary N) is 1. The molecule has 0 aliphatic carbocycles. The van der Waals surface area contributed by atoms with E-state index < -0.39 is 5.97 Å². The standard InChI is InChI=1S/C23H27ClN2O2/c1-23(2,3)15-9-7-14(8-10-15)20-16(6-4-5-13-25)19-17(22(27)28)11-12-18(24)21(19)26-20/h7-12,26H,4-6,13,25H2,1-3H3,(H,27,28). The summed E-state index contributed by atoms with van der Waals surface area (Å²) < 4.78 is 0. The van der Waals surface area contributed by atoms with Crippen molar-refractivity contribution in [2.45, 2.75) is 45.4 Å². The number of unbranched alkanes of at least 4 members (excludes halogenated alkanes) is 1. The zero-order valence-electron chi connectivity index (χ0n) is 16.6. The Morgan fingerprint density at radius 2 is 1.79 bits per heavy atom. The number of hydrogen-bond donors (Lipinski definition) is 3. The van der Waals surface area contributed by atoms with E-state index in [9.17, 15) is 9.90 Å². The topological polar surface area (TPSA) is 79.1 Å². The smallest absolute Gasteiger partial charge is 0.336 e. The number of aromatic carboxylic acids is 1. The van der Waals surface area contributed by atoms with Crippen molar-refractivity contribution in [3.05, 3.63) is 58.1 Å². The number of fused-ring (bicyclic) bond motifs is 1. The van der Waals surface area contributed by atoms with Crippen molar-refractivity contribution < 1.29 is 9.90 Å². The first-order valence-electron chi connectivity index (χ1n) is 9.61. The number of carboxylic acids is 1. The third kappa shape index (κ3) is 3.94. The summed E-state index contributed by atoms with van der Waals surface area (Å²) in [6.07, 6.45) is 2.52. The maximum Gasteiger partial charge on any atom is 0.336 e. The minimum atomic E-state index is -0.949. The summed E-state index contributed by atoms with van der Waals surface area (Å²) in [7, 11) is 0. The van der Waals surface area contributed by atoms with E-state index in [1.165, 1.54) is 5.56 Å². The number of carbonyl (C=O) groups is 1. The lowest BCUT2D eigenvalue weighted by Gasteiger charge is -2.19. The van der Waals surface area contributed by atoms with Crippen molar-refractivity contribution in [3.8, 4) is 11.3 Å². The number of H-pyrrole nitrogens is 1. The Hall–Kier alpha value is -2.30. The summed E-state index contributed by atoms with van der Waals surface area (Å²) in [5, 5.41) is 10.9. The molecule has 0 aliphatic rings. The molecule has 148 valence electrons. The van der Waals surface area contributed by atoms with E-state index in [4.69, 9.17) is 17.3 Å². The van der Waals surface area contributed by atoms with Crippen LogP contribution in [0.15, 0.2) is 36.4 Å². The van der Waals surface area contributed by atoms with Crippen molar-refractivity contribution in [2.24, 2.45) is 5.73 Å². The van der Waals surface area contributed by atoms with Crippen LogP contribution in [-0.4, -0.2) is 22.6 Å². The molecule has 4 N–H and O–H groups in total. The largest absolute Gasteiger partial charge is 0.478 e. The summed E-state index contributed by atoms with van der Waals surface area (Å²) in [6.45, 7) is 7.16. The Kier molecular flexibility index (Phi) is 5.82. The average molecular weight is 399 g/mol. The molecule has 0 radical (unpaired) electrons. The molecule has 3 rings (SSSR count). The second kappa shape index (κ2) is 7.98. The summed E-state index contributed by atoms with van der Waals surface area (Å²) in [5.74, 6) is -0.949. The quantitative estimate of drug-likeness (QED) is 0.461.